The number of carbonyl (C=O) groups is 1. The molecule has 3 nitrogen and oxygen atoms in total. The van der Waals surface area contributed by atoms with E-state index in [2.05, 4.69) is 0 Å². The van der Waals surface area contributed by atoms with Crippen LogP contribution in [0.25, 0.3) is 0 Å². The van der Waals surface area contributed by atoms with Crippen LogP contribution in [0.3, 0.4) is 0 Å². The molecule has 1 heterocycles. The summed E-state index contributed by atoms with van der Waals surface area (Å²) in [4.78, 5) is 12.3. The van der Waals surface area contributed by atoms with Crippen LogP contribution in [0.1, 0.15) is 34.9 Å². The Labute approximate surface area is 112 Å². The molecule has 19 heavy (non-hydrogen) atoms. The van der Waals surface area contributed by atoms with E-state index in [9.17, 15) is 23.1 Å². The normalized spacial score (nSPS) is 22.2. The average molecular weight is 276 g/mol. The van der Waals surface area contributed by atoms with E-state index in [1.54, 1.807) is 0 Å². The summed E-state index contributed by atoms with van der Waals surface area (Å²) in [5, 5.41) is 9.30. The molecule has 1 aliphatic rings. The number of hydrogen-bond acceptors (Lipinski definition) is 1. The zero-order valence-corrected chi connectivity index (χ0v) is 9.87. The monoisotopic (exact) mass is 276 g/mol. The van der Waals surface area contributed by atoms with Gasteiger partial charge >= 0.3 is 12.3 Å². The highest BCUT2D eigenvalue weighted by atomic mass is 19.4. The van der Waals surface area contributed by atoms with Crippen molar-refractivity contribution in [3.8, 4) is 0 Å². The van der Waals surface area contributed by atoms with E-state index < -0.39 is 30.7 Å². The summed E-state index contributed by atoms with van der Waals surface area (Å²) in [7, 11) is 0. The predicted octanol–water partition coefficient (Wildman–Crippen LogP) is 3.91. The second kappa shape index (κ2) is 4.75. The molecule has 1 amide bonds. The van der Waals surface area contributed by atoms with Crippen molar-refractivity contribution in [2.75, 3.05) is 4.90 Å². The van der Waals surface area contributed by atoms with Crippen molar-refractivity contribution in [2.24, 2.45) is 0 Å². The molecule has 1 N–H and O–H groups in total. The smallest absolute Gasteiger partial charge is 0.416 e. The maximum atomic E-state index is 12.7. The van der Waals surface area contributed by atoms with Crippen molar-refractivity contribution in [1.82, 2.24) is 0 Å². The van der Waals surface area contributed by atoms with Crippen molar-refractivity contribution in [2.45, 2.75) is 38.3 Å². The largest absolute Gasteiger partial charge is 0.465 e. The van der Waals surface area contributed by atoms with Crippen molar-refractivity contribution < 1.29 is 27.2 Å². The molecular weight excluding hydrogens is 259 g/mol. The summed E-state index contributed by atoms with van der Waals surface area (Å²) in [5.74, 6) is 0. The van der Waals surface area contributed by atoms with Crippen LogP contribution in [0.2, 0.25) is 0 Å². The molecule has 104 valence electrons. The zero-order chi connectivity index (χ0) is 16.7. The summed E-state index contributed by atoms with van der Waals surface area (Å²) < 4.78 is 59.9. The van der Waals surface area contributed by atoms with E-state index in [0.717, 1.165) is 23.1 Å². The first-order valence-electron chi connectivity index (χ1n) is 7.21. The maximum Gasteiger partial charge on any atom is 0.416 e. The highest BCUT2D eigenvalue weighted by Gasteiger charge is 2.34. The Morgan fingerprint density at radius 1 is 1.58 bits per heavy atom. The Hall–Kier alpha value is -1.72. The van der Waals surface area contributed by atoms with Gasteiger partial charge in [-0.3, -0.25) is 4.90 Å². The predicted molar refractivity (Wildman–Crippen MR) is 64.3 cm³/mol. The minimum atomic E-state index is -4.50. The van der Waals surface area contributed by atoms with E-state index in [1.807, 2.05) is 0 Å². The lowest BCUT2D eigenvalue weighted by Crippen LogP contribution is -2.42. The molecule has 0 aromatic heterocycles. The van der Waals surface area contributed by atoms with Crippen LogP contribution in [0.5, 0.6) is 0 Å². The summed E-state index contributed by atoms with van der Waals surface area (Å²) in [6, 6.07) is 2.07. The third kappa shape index (κ3) is 2.52. The first-order chi connectivity index (χ1) is 9.99. The van der Waals surface area contributed by atoms with Gasteiger partial charge in [0.1, 0.15) is 0 Å². The maximum absolute atomic E-state index is 12.7. The van der Waals surface area contributed by atoms with Crippen molar-refractivity contribution in [3.63, 3.8) is 0 Å². The molecule has 1 aromatic carbocycles. The molecule has 1 aromatic rings. The van der Waals surface area contributed by atoms with Gasteiger partial charge in [0.25, 0.3) is 0 Å². The van der Waals surface area contributed by atoms with Gasteiger partial charge < -0.3 is 5.11 Å². The lowest BCUT2D eigenvalue weighted by Gasteiger charge is -2.35. The number of alkyl halides is 3. The number of rotatable bonds is 1. The Kier molecular flexibility index (Phi) is 2.53. The molecule has 6 heteroatoms. The van der Waals surface area contributed by atoms with Gasteiger partial charge in [-0.25, -0.2) is 4.79 Å². The molecule has 0 spiro atoms. The third-order valence-corrected chi connectivity index (χ3v) is 3.22. The van der Waals surface area contributed by atoms with Gasteiger partial charge in [-0.1, -0.05) is 6.85 Å². The fraction of sp³-hybridized carbons (Fsp3) is 0.462. The van der Waals surface area contributed by atoms with Gasteiger partial charge in [-0.2, -0.15) is 13.2 Å². The van der Waals surface area contributed by atoms with Crippen LogP contribution in [-0.4, -0.2) is 17.2 Å². The summed E-state index contributed by atoms with van der Waals surface area (Å²) in [5.41, 5.74) is -0.453. The van der Waals surface area contributed by atoms with E-state index in [0.29, 0.717) is 0 Å². The SMILES string of the molecule is [2H]C([2H])([2H])CC1CCc2cc(C(F)(F)F)ccc2N1C(=O)O. The Morgan fingerprint density at radius 3 is 2.89 bits per heavy atom. The quantitative estimate of drug-likeness (QED) is 0.844. The number of nitrogens with zero attached hydrogens (tertiary/aromatic N) is 1. The van der Waals surface area contributed by atoms with Crippen molar-refractivity contribution in [3.05, 3.63) is 29.3 Å². The Balaban J connectivity index is 2.40. The molecule has 0 bridgehead atoms. The van der Waals surface area contributed by atoms with E-state index >= 15 is 0 Å². The van der Waals surface area contributed by atoms with Gasteiger partial charge in [0.2, 0.25) is 0 Å². The molecule has 0 saturated heterocycles. The van der Waals surface area contributed by atoms with Crippen molar-refractivity contribution >= 4 is 11.8 Å². The van der Waals surface area contributed by atoms with Crippen LogP contribution in [0.15, 0.2) is 18.2 Å². The van der Waals surface area contributed by atoms with E-state index in [4.69, 9.17) is 4.11 Å². The first kappa shape index (κ1) is 10.1. The highest BCUT2D eigenvalue weighted by Crippen LogP contribution is 2.37. The molecule has 0 aliphatic carbocycles. The minimum absolute atomic E-state index is 0.126. The summed E-state index contributed by atoms with van der Waals surface area (Å²) in [6.45, 7) is -2.30. The lowest BCUT2D eigenvalue weighted by molar-refractivity contribution is -0.137. The molecule has 2 rings (SSSR count). The van der Waals surface area contributed by atoms with E-state index in [1.165, 1.54) is 0 Å². The van der Waals surface area contributed by atoms with Gasteiger partial charge in [0.15, 0.2) is 0 Å². The second-order valence-electron chi connectivity index (χ2n) is 4.39. The van der Waals surface area contributed by atoms with Crippen molar-refractivity contribution in [1.29, 1.82) is 0 Å². The summed E-state index contributed by atoms with van der Waals surface area (Å²) >= 11 is 0. The van der Waals surface area contributed by atoms with Crippen LogP contribution in [-0.2, 0) is 12.6 Å². The topological polar surface area (TPSA) is 40.5 Å². The zero-order valence-electron chi connectivity index (χ0n) is 12.9. The fourth-order valence-electron chi connectivity index (χ4n) is 2.30. The number of anilines is 1. The number of fused-ring (bicyclic) bond motifs is 1. The molecule has 0 radical (unpaired) electrons. The molecule has 1 unspecified atom stereocenters. The summed E-state index contributed by atoms with van der Waals surface area (Å²) in [6.07, 6.45) is -5.81. The molecule has 0 saturated carbocycles. The number of benzene rings is 1. The van der Waals surface area contributed by atoms with Gasteiger partial charge in [-0.15, -0.1) is 0 Å². The molecule has 0 fully saturated rings. The average Bonchev–Trinajstić information content (AvgIpc) is 2.34. The Bertz CT molecular complexity index is 587. The number of aryl methyl sites for hydroxylation is 1. The fourth-order valence-corrected chi connectivity index (χ4v) is 2.30. The molecule has 1 atom stereocenters. The number of amides is 1. The van der Waals surface area contributed by atoms with Crippen LogP contribution >= 0.6 is 0 Å². The lowest BCUT2D eigenvalue weighted by atomic mass is 9.93. The minimum Gasteiger partial charge on any atom is -0.465 e. The van der Waals surface area contributed by atoms with Gasteiger partial charge in [-0.05, 0) is 43.0 Å². The van der Waals surface area contributed by atoms with Gasteiger partial charge in [0, 0.05) is 10.2 Å². The number of halogens is 3. The van der Waals surface area contributed by atoms with Crippen LogP contribution in [0, 0.1) is 0 Å². The first-order valence-corrected chi connectivity index (χ1v) is 5.71. The molecule has 1 aliphatic heterocycles. The van der Waals surface area contributed by atoms with Crippen LogP contribution < -0.4 is 4.90 Å². The third-order valence-electron chi connectivity index (χ3n) is 3.22. The second-order valence-corrected chi connectivity index (χ2v) is 4.39. The van der Waals surface area contributed by atoms with Gasteiger partial charge in [0.05, 0.1) is 11.3 Å². The van der Waals surface area contributed by atoms with E-state index in [-0.39, 0.29) is 30.5 Å². The molecular formula is C13H14F3NO2. The number of hydrogen-bond donors (Lipinski definition) is 1. The van der Waals surface area contributed by atoms with Crippen LogP contribution in [0.4, 0.5) is 23.7 Å². The Morgan fingerprint density at radius 2 is 2.32 bits per heavy atom. The number of carboxylic acid groups (broad SMARTS) is 1. The standard InChI is InChI=1S/C13H14F3NO2/c1-2-10-5-3-8-7-9(13(14,15)16)4-6-11(8)17(10)12(18)19/h4,6-7,10H,2-3,5H2,1H3,(H,18,19)/i1D3. The highest BCUT2D eigenvalue weighted by molar-refractivity contribution is 5.88.